The van der Waals surface area contributed by atoms with Crippen molar-refractivity contribution in [2.45, 2.75) is 27.3 Å². The minimum Gasteiger partial charge on any atom is -0.496 e. The molecule has 1 aromatic carbocycles. The third-order valence-electron chi connectivity index (χ3n) is 2.44. The molecule has 0 bridgehead atoms. The summed E-state index contributed by atoms with van der Waals surface area (Å²) in [6, 6.07) is 6.28. The van der Waals surface area contributed by atoms with Gasteiger partial charge in [-0.3, -0.25) is 0 Å². The van der Waals surface area contributed by atoms with Gasteiger partial charge in [0.25, 0.3) is 0 Å². The van der Waals surface area contributed by atoms with Crippen LogP contribution >= 0.6 is 0 Å². The first kappa shape index (κ1) is 12.8. The van der Waals surface area contributed by atoms with Gasteiger partial charge in [-0.15, -0.1) is 0 Å². The molecule has 1 N–H and O–H groups in total. The van der Waals surface area contributed by atoms with Crippen LogP contribution in [-0.4, -0.2) is 13.7 Å². The Balaban J connectivity index is 2.49. The molecule has 0 heterocycles. The number of hydrogen-bond acceptors (Lipinski definition) is 2. The van der Waals surface area contributed by atoms with E-state index in [1.165, 1.54) is 16.7 Å². The molecule has 88 valence electrons. The fourth-order valence-corrected chi connectivity index (χ4v) is 1.54. The topological polar surface area (TPSA) is 21.3 Å². The van der Waals surface area contributed by atoms with Gasteiger partial charge in [0.15, 0.2) is 0 Å². The summed E-state index contributed by atoms with van der Waals surface area (Å²) >= 11 is 0. The molecule has 1 rings (SSSR count). The zero-order chi connectivity index (χ0) is 12.0. The molecule has 0 atom stereocenters. The number of hydrogen-bond donors (Lipinski definition) is 1. The van der Waals surface area contributed by atoms with E-state index in [4.69, 9.17) is 4.74 Å². The number of benzene rings is 1. The van der Waals surface area contributed by atoms with Crippen molar-refractivity contribution in [3.05, 3.63) is 41.0 Å². The lowest BCUT2D eigenvalue weighted by Gasteiger charge is -2.07. The quantitative estimate of drug-likeness (QED) is 0.607. The standard InChI is InChI=1S/C14H21NO/c1-11(2)7-8-15-10-13-5-6-14(16-4)12(3)9-13/h5-7,9,15H,8,10H2,1-4H3. The zero-order valence-corrected chi connectivity index (χ0v) is 10.6. The average Bonchev–Trinajstić information content (AvgIpc) is 2.24. The highest BCUT2D eigenvalue weighted by Gasteiger charge is 1.98. The van der Waals surface area contributed by atoms with Crippen molar-refractivity contribution < 1.29 is 4.74 Å². The summed E-state index contributed by atoms with van der Waals surface area (Å²) in [6.45, 7) is 8.11. The maximum absolute atomic E-state index is 5.23. The maximum Gasteiger partial charge on any atom is 0.121 e. The molecular weight excluding hydrogens is 198 g/mol. The van der Waals surface area contributed by atoms with Crippen LogP contribution in [0.5, 0.6) is 5.75 Å². The van der Waals surface area contributed by atoms with Crippen molar-refractivity contribution >= 4 is 0 Å². The maximum atomic E-state index is 5.23. The molecule has 2 nitrogen and oxygen atoms in total. The average molecular weight is 219 g/mol. The second kappa shape index (κ2) is 6.33. The van der Waals surface area contributed by atoms with E-state index in [1.807, 2.05) is 6.07 Å². The summed E-state index contributed by atoms with van der Waals surface area (Å²) in [5.74, 6) is 0.952. The van der Waals surface area contributed by atoms with Crippen LogP contribution in [0.1, 0.15) is 25.0 Å². The number of rotatable bonds is 5. The lowest BCUT2D eigenvalue weighted by molar-refractivity contribution is 0.411. The Morgan fingerprint density at radius 3 is 2.69 bits per heavy atom. The Labute approximate surface area is 98.3 Å². The first-order valence-electron chi connectivity index (χ1n) is 5.61. The molecule has 1 aromatic rings. The van der Waals surface area contributed by atoms with E-state index in [0.717, 1.165) is 18.8 Å². The van der Waals surface area contributed by atoms with Gasteiger partial charge in [0.2, 0.25) is 0 Å². The predicted octanol–water partition coefficient (Wildman–Crippen LogP) is 3.06. The molecule has 2 heteroatoms. The van der Waals surface area contributed by atoms with Crippen LogP contribution in [0.15, 0.2) is 29.8 Å². The van der Waals surface area contributed by atoms with Crippen molar-refractivity contribution in [2.75, 3.05) is 13.7 Å². The fourth-order valence-electron chi connectivity index (χ4n) is 1.54. The molecule has 0 aliphatic heterocycles. The van der Waals surface area contributed by atoms with E-state index in [0.29, 0.717) is 0 Å². The van der Waals surface area contributed by atoms with E-state index in [2.05, 4.69) is 44.3 Å². The van der Waals surface area contributed by atoms with Crippen LogP contribution in [0.25, 0.3) is 0 Å². The highest BCUT2D eigenvalue weighted by Crippen LogP contribution is 2.18. The second-order valence-electron chi connectivity index (χ2n) is 4.22. The van der Waals surface area contributed by atoms with Crippen LogP contribution < -0.4 is 10.1 Å². The highest BCUT2D eigenvalue weighted by molar-refractivity contribution is 5.36. The Morgan fingerprint density at radius 2 is 2.12 bits per heavy atom. The number of aryl methyl sites for hydroxylation is 1. The summed E-state index contributed by atoms with van der Waals surface area (Å²) in [5.41, 5.74) is 3.82. The summed E-state index contributed by atoms with van der Waals surface area (Å²) in [5, 5.41) is 3.38. The third-order valence-corrected chi connectivity index (χ3v) is 2.44. The van der Waals surface area contributed by atoms with Gasteiger partial charge < -0.3 is 10.1 Å². The Hall–Kier alpha value is -1.28. The third kappa shape index (κ3) is 4.07. The largest absolute Gasteiger partial charge is 0.496 e. The Morgan fingerprint density at radius 1 is 1.38 bits per heavy atom. The second-order valence-corrected chi connectivity index (χ2v) is 4.22. The number of allylic oxidation sites excluding steroid dienone is 1. The van der Waals surface area contributed by atoms with Crippen molar-refractivity contribution in [3.8, 4) is 5.75 Å². The molecule has 0 amide bonds. The van der Waals surface area contributed by atoms with E-state index >= 15 is 0 Å². The molecular formula is C14H21NO. The molecule has 0 aromatic heterocycles. The number of ether oxygens (including phenoxy) is 1. The van der Waals surface area contributed by atoms with Crippen molar-refractivity contribution in [3.63, 3.8) is 0 Å². The fraction of sp³-hybridized carbons (Fsp3) is 0.429. The van der Waals surface area contributed by atoms with Gasteiger partial charge in [-0.25, -0.2) is 0 Å². The van der Waals surface area contributed by atoms with Crippen molar-refractivity contribution in [1.82, 2.24) is 5.32 Å². The van der Waals surface area contributed by atoms with Gasteiger partial charge >= 0.3 is 0 Å². The molecule has 0 radical (unpaired) electrons. The highest BCUT2D eigenvalue weighted by atomic mass is 16.5. The van der Waals surface area contributed by atoms with E-state index in [1.54, 1.807) is 7.11 Å². The molecule has 0 aliphatic carbocycles. The SMILES string of the molecule is COc1ccc(CNCC=C(C)C)cc1C. The molecule has 0 fully saturated rings. The Kier molecular flexibility index (Phi) is 5.06. The van der Waals surface area contributed by atoms with Gasteiger partial charge in [-0.05, 0) is 38.0 Å². The van der Waals surface area contributed by atoms with Crippen LogP contribution in [-0.2, 0) is 6.54 Å². The smallest absolute Gasteiger partial charge is 0.121 e. The minimum atomic E-state index is 0.897. The minimum absolute atomic E-state index is 0.897. The summed E-state index contributed by atoms with van der Waals surface area (Å²) in [7, 11) is 1.70. The van der Waals surface area contributed by atoms with Gasteiger partial charge in [0, 0.05) is 13.1 Å². The molecule has 0 aliphatic rings. The number of nitrogens with one attached hydrogen (secondary N) is 1. The molecule has 0 saturated heterocycles. The van der Waals surface area contributed by atoms with Gasteiger partial charge in [-0.1, -0.05) is 23.8 Å². The van der Waals surface area contributed by atoms with E-state index < -0.39 is 0 Å². The molecule has 0 unspecified atom stereocenters. The monoisotopic (exact) mass is 219 g/mol. The molecule has 0 saturated carbocycles. The normalized spacial score (nSPS) is 10.0. The first-order chi connectivity index (χ1) is 7.63. The van der Waals surface area contributed by atoms with E-state index in [9.17, 15) is 0 Å². The van der Waals surface area contributed by atoms with Gasteiger partial charge in [0.05, 0.1) is 7.11 Å². The van der Waals surface area contributed by atoms with E-state index in [-0.39, 0.29) is 0 Å². The van der Waals surface area contributed by atoms with Crippen LogP contribution in [0, 0.1) is 6.92 Å². The Bertz CT molecular complexity index is 365. The lowest BCUT2D eigenvalue weighted by atomic mass is 10.1. The predicted molar refractivity (Wildman–Crippen MR) is 68.9 cm³/mol. The molecule has 16 heavy (non-hydrogen) atoms. The molecule has 0 spiro atoms. The van der Waals surface area contributed by atoms with Crippen molar-refractivity contribution in [2.24, 2.45) is 0 Å². The summed E-state index contributed by atoms with van der Waals surface area (Å²) < 4.78 is 5.23. The van der Waals surface area contributed by atoms with Crippen LogP contribution in [0.3, 0.4) is 0 Å². The van der Waals surface area contributed by atoms with Crippen molar-refractivity contribution in [1.29, 1.82) is 0 Å². The lowest BCUT2D eigenvalue weighted by Crippen LogP contribution is -2.13. The zero-order valence-electron chi connectivity index (χ0n) is 10.6. The van der Waals surface area contributed by atoms with Crippen LogP contribution in [0.2, 0.25) is 0 Å². The van der Waals surface area contributed by atoms with Crippen LogP contribution in [0.4, 0.5) is 0 Å². The summed E-state index contributed by atoms with van der Waals surface area (Å²) in [6.07, 6.45) is 2.19. The summed E-state index contributed by atoms with van der Waals surface area (Å²) in [4.78, 5) is 0. The van der Waals surface area contributed by atoms with Gasteiger partial charge in [-0.2, -0.15) is 0 Å². The van der Waals surface area contributed by atoms with Gasteiger partial charge in [0.1, 0.15) is 5.75 Å². The number of methoxy groups -OCH3 is 1. The first-order valence-corrected chi connectivity index (χ1v) is 5.61.